The summed E-state index contributed by atoms with van der Waals surface area (Å²) in [6, 6.07) is 0. The number of nitrogens with zero attached hydrogens (tertiary/aromatic N) is 1. The van der Waals surface area contributed by atoms with Crippen molar-refractivity contribution in [2.45, 2.75) is 0 Å². The van der Waals surface area contributed by atoms with Gasteiger partial charge in [0.05, 0.1) is 18.6 Å². The number of ether oxygens (including phenoxy) is 2. The maximum absolute atomic E-state index is 12.3. The number of ketones is 2. The van der Waals surface area contributed by atoms with Gasteiger partial charge in [0.15, 0.2) is 0 Å². The van der Waals surface area contributed by atoms with Gasteiger partial charge in [-0.15, -0.1) is 11.8 Å². The second-order valence-corrected chi connectivity index (χ2v) is 4.91. The van der Waals surface area contributed by atoms with Gasteiger partial charge in [-0.05, 0) is 0 Å². The number of rotatable bonds is 5. The van der Waals surface area contributed by atoms with Gasteiger partial charge in [-0.2, -0.15) is 0 Å². The first-order chi connectivity index (χ1) is 9.60. The van der Waals surface area contributed by atoms with Crippen molar-refractivity contribution in [3.05, 3.63) is 28.0 Å². The summed E-state index contributed by atoms with van der Waals surface area (Å²) in [5.74, 6) is -1.51. The highest BCUT2D eigenvalue weighted by Crippen LogP contribution is 2.30. The summed E-state index contributed by atoms with van der Waals surface area (Å²) in [6.45, 7) is 0.434. The Morgan fingerprint density at radius 2 is 2.15 bits per heavy atom. The largest absolute Gasteiger partial charge is 0.464 e. The molecule has 0 fully saturated rings. The molecule has 0 N–H and O–H groups in total. The summed E-state index contributed by atoms with van der Waals surface area (Å²) in [5.41, 5.74) is -0.414. The molecular weight excluding hydrogens is 286 g/mol. The SMILES string of the molecule is COCCSC1=CC(=O)c2onc(C(=O)OC)c2C1=O. The van der Waals surface area contributed by atoms with Crippen LogP contribution in [0.3, 0.4) is 0 Å². The first kappa shape index (κ1) is 14.5. The van der Waals surface area contributed by atoms with E-state index >= 15 is 0 Å². The van der Waals surface area contributed by atoms with E-state index in [0.29, 0.717) is 12.4 Å². The third-order valence-corrected chi connectivity index (χ3v) is 3.54. The Kier molecular flexibility index (Phi) is 4.35. The number of fused-ring (bicyclic) bond motifs is 1. The standard InChI is InChI=1S/C12H11NO6S/c1-17-3-4-20-7-5-6(14)11-8(10(7)15)9(13-19-11)12(16)18-2/h5H,3-4H2,1-2H3. The molecule has 7 nitrogen and oxygen atoms in total. The van der Waals surface area contributed by atoms with Crippen LogP contribution in [0.2, 0.25) is 0 Å². The van der Waals surface area contributed by atoms with Crippen molar-refractivity contribution in [2.24, 2.45) is 0 Å². The number of thioether (sulfide) groups is 1. The van der Waals surface area contributed by atoms with Crippen LogP contribution in [0.4, 0.5) is 0 Å². The molecule has 0 amide bonds. The number of methoxy groups -OCH3 is 2. The Bertz CT molecular complexity index is 603. The van der Waals surface area contributed by atoms with E-state index in [1.54, 1.807) is 0 Å². The molecule has 0 bridgehead atoms. The average molecular weight is 297 g/mol. The number of esters is 1. The van der Waals surface area contributed by atoms with E-state index in [4.69, 9.17) is 9.26 Å². The number of hydrogen-bond acceptors (Lipinski definition) is 8. The lowest BCUT2D eigenvalue weighted by molar-refractivity contribution is 0.0586. The third kappa shape index (κ3) is 2.52. The first-order valence-electron chi connectivity index (χ1n) is 5.60. The quantitative estimate of drug-likeness (QED) is 0.589. The number of allylic oxidation sites excluding steroid dienone is 2. The van der Waals surface area contributed by atoms with Crippen molar-refractivity contribution < 1.29 is 28.4 Å². The van der Waals surface area contributed by atoms with Crippen LogP contribution in [-0.2, 0) is 9.47 Å². The predicted molar refractivity (Wildman–Crippen MR) is 68.9 cm³/mol. The Morgan fingerprint density at radius 1 is 1.40 bits per heavy atom. The van der Waals surface area contributed by atoms with E-state index in [1.807, 2.05) is 0 Å². The molecule has 1 aliphatic rings. The molecule has 20 heavy (non-hydrogen) atoms. The molecule has 0 unspecified atom stereocenters. The summed E-state index contributed by atoms with van der Waals surface area (Å²) >= 11 is 1.17. The van der Waals surface area contributed by atoms with Gasteiger partial charge < -0.3 is 14.0 Å². The Labute approximate surface area is 118 Å². The zero-order valence-electron chi connectivity index (χ0n) is 10.8. The topological polar surface area (TPSA) is 95.7 Å². The molecule has 0 aromatic carbocycles. The van der Waals surface area contributed by atoms with Crippen LogP contribution < -0.4 is 0 Å². The average Bonchev–Trinajstić information content (AvgIpc) is 2.89. The number of carbonyl (C=O) groups is 3. The number of hydrogen-bond donors (Lipinski definition) is 0. The molecule has 0 atom stereocenters. The second-order valence-electron chi connectivity index (χ2n) is 3.77. The molecular formula is C12H11NO6S. The highest BCUT2D eigenvalue weighted by atomic mass is 32.2. The lowest BCUT2D eigenvalue weighted by atomic mass is 10.00. The van der Waals surface area contributed by atoms with Crippen LogP contribution in [0.5, 0.6) is 0 Å². The Hall–Kier alpha value is -1.93. The van der Waals surface area contributed by atoms with E-state index < -0.39 is 17.5 Å². The van der Waals surface area contributed by atoms with Gasteiger partial charge in [-0.1, -0.05) is 5.16 Å². The molecule has 0 radical (unpaired) electrons. The summed E-state index contributed by atoms with van der Waals surface area (Å²) in [4.78, 5) is 35.8. The number of Topliss-reactive ketones (excluding diaryl/α,β-unsaturated/α-hetero) is 1. The van der Waals surface area contributed by atoms with Crippen molar-refractivity contribution in [2.75, 3.05) is 26.6 Å². The maximum atomic E-state index is 12.3. The summed E-state index contributed by atoms with van der Waals surface area (Å²) in [7, 11) is 2.69. The van der Waals surface area contributed by atoms with Crippen molar-refractivity contribution in [1.29, 1.82) is 0 Å². The van der Waals surface area contributed by atoms with E-state index in [0.717, 1.165) is 7.11 Å². The fraction of sp³-hybridized carbons (Fsp3) is 0.333. The van der Waals surface area contributed by atoms with Gasteiger partial charge in [0.25, 0.3) is 0 Å². The van der Waals surface area contributed by atoms with Crippen LogP contribution in [0, 0.1) is 0 Å². The van der Waals surface area contributed by atoms with Gasteiger partial charge in [-0.3, -0.25) is 9.59 Å². The normalized spacial score (nSPS) is 14.0. The molecule has 1 aliphatic carbocycles. The molecule has 1 aromatic heterocycles. The van der Waals surface area contributed by atoms with Gasteiger partial charge in [0, 0.05) is 18.9 Å². The molecule has 0 saturated carbocycles. The molecule has 106 valence electrons. The lowest BCUT2D eigenvalue weighted by Gasteiger charge is -2.10. The third-order valence-electron chi connectivity index (χ3n) is 2.55. The zero-order chi connectivity index (χ0) is 14.7. The van der Waals surface area contributed by atoms with Crippen LogP contribution in [0.15, 0.2) is 15.5 Å². The first-order valence-corrected chi connectivity index (χ1v) is 6.59. The monoisotopic (exact) mass is 297 g/mol. The number of aromatic nitrogens is 1. The molecule has 0 saturated heterocycles. The smallest absolute Gasteiger partial charge is 0.361 e. The fourth-order valence-corrected chi connectivity index (χ4v) is 2.51. The van der Waals surface area contributed by atoms with Crippen LogP contribution in [-0.4, -0.2) is 49.3 Å². The highest BCUT2D eigenvalue weighted by Gasteiger charge is 2.36. The van der Waals surface area contributed by atoms with Crippen LogP contribution >= 0.6 is 11.8 Å². The van der Waals surface area contributed by atoms with Gasteiger partial charge in [0.1, 0.15) is 5.56 Å². The molecule has 8 heteroatoms. The predicted octanol–water partition coefficient (Wildman–Crippen LogP) is 1.10. The second kappa shape index (κ2) is 6.02. The van der Waals surface area contributed by atoms with E-state index in [-0.39, 0.29) is 21.9 Å². The summed E-state index contributed by atoms with van der Waals surface area (Å²) in [5, 5.41) is 3.44. The maximum Gasteiger partial charge on any atom is 0.361 e. The molecule has 1 heterocycles. The van der Waals surface area contributed by atoms with Crippen molar-refractivity contribution in [3.8, 4) is 0 Å². The van der Waals surface area contributed by atoms with Crippen molar-refractivity contribution in [3.63, 3.8) is 0 Å². The highest BCUT2D eigenvalue weighted by molar-refractivity contribution is 8.04. The van der Waals surface area contributed by atoms with Gasteiger partial charge in [0.2, 0.25) is 23.0 Å². The Balaban J connectivity index is 2.33. The van der Waals surface area contributed by atoms with E-state index in [1.165, 1.54) is 24.9 Å². The molecule has 0 spiro atoms. The lowest BCUT2D eigenvalue weighted by Crippen LogP contribution is -2.18. The number of carbonyl (C=O) groups excluding carboxylic acids is 3. The Morgan fingerprint density at radius 3 is 2.80 bits per heavy atom. The minimum atomic E-state index is -0.820. The van der Waals surface area contributed by atoms with Gasteiger partial charge in [-0.25, -0.2) is 4.79 Å². The van der Waals surface area contributed by atoms with Crippen LogP contribution in [0.25, 0.3) is 0 Å². The van der Waals surface area contributed by atoms with E-state index in [2.05, 4.69) is 9.89 Å². The van der Waals surface area contributed by atoms with Crippen molar-refractivity contribution in [1.82, 2.24) is 5.16 Å². The summed E-state index contributed by atoms with van der Waals surface area (Å²) in [6.07, 6.45) is 1.18. The minimum absolute atomic E-state index is 0.135. The molecule has 1 aromatic rings. The molecule has 0 aliphatic heterocycles. The van der Waals surface area contributed by atoms with Crippen LogP contribution in [0.1, 0.15) is 31.4 Å². The van der Waals surface area contributed by atoms with Crippen molar-refractivity contribution >= 4 is 29.3 Å². The minimum Gasteiger partial charge on any atom is -0.464 e. The molecule has 2 rings (SSSR count). The van der Waals surface area contributed by atoms with Gasteiger partial charge >= 0.3 is 5.97 Å². The fourth-order valence-electron chi connectivity index (χ4n) is 1.62. The van der Waals surface area contributed by atoms with E-state index in [9.17, 15) is 14.4 Å². The zero-order valence-corrected chi connectivity index (χ0v) is 11.6. The summed E-state index contributed by atoms with van der Waals surface area (Å²) < 4.78 is 14.2.